The van der Waals surface area contributed by atoms with Gasteiger partial charge in [0.05, 0.1) is 11.4 Å². The number of benzene rings is 1. The van der Waals surface area contributed by atoms with Gasteiger partial charge in [-0.1, -0.05) is 6.92 Å². The molecular formula is C9H14N2OS. The zero-order chi connectivity index (χ0) is 10.0. The molecule has 13 heavy (non-hydrogen) atoms. The lowest BCUT2D eigenvalue weighted by Gasteiger charge is -2.10. The van der Waals surface area contributed by atoms with E-state index >= 15 is 0 Å². The van der Waals surface area contributed by atoms with Gasteiger partial charge in [0.2, 0.25) is 0 Å². The van der Waals surface area contributed by atoms with Crippen LogP contribution in [0.5, 0.6) is 5.75 Å². The molecule has 1 aromatic rings. The first kappa shape index (κ1) is 10.1. The number of thioether (sulfide) groups is 1. The molecule has 4 heteroatoms. The summed E-state index contributed by atoms with van der Waals surface area (Å²) in [6, 6.07) is 1.86. The normalized spacial score (nSPS) is 10.3. The van der Waals surface area contributed by atoms with Gasteiger partial charge >= 0.3 is 0 Å². The van der Waals surface area contributed by atoms with Crippen molar-refractivity contribution in [2.45, 2.75) is 18.7 Å². The maximum Gasteiger partial charge on any atom is 0.143 e. The summed E-state index contributed by atoms with van der Waals surface area (Å²) >= 11 is 1.62. The summed E-state index contributed by atoms with van der Waals surface area (Å²) in [7, 11) is 0. The fourth-order valence-electron chi connectivity index (χ4n) is 1.09. The number of phenolic OH excluding ortho intramolecular Hbond substituents is 1. The van der Waals surface area contributed by atoms with Gasteiger partial charge < -0.3 is 16.6 Å². The monoisotopic (exact) mass is 198 g/mol. The third-order valence-electron chi connectivity index (χ3n) is 1.83. The van der Waals surface area contributed by atoms with E-state index in [1.54, 1.807) is 11.8 Å². The lowest BCUT2D eigenvalue weighted by molar-refractivity contribution is 0.473. The average Bonchev–Trinajstić information content (AvgIpc) is 2.11. The number of nitrogens with two attached hydrogens (primary N) is 2. The maximum absolute atomic E-state index is 9.47. The molecule has 0 unspecified atom stereocenters. The summed E-state index contributed by atoms with van der Waals surface area (Å²) in [5.74, 6) is 1.03. The van der Waals surface area contributed by atoms with E-state index in [0.717, 1.165) is 16.2 Å². The smallest absolute Gasteiger partial charge is 0.143 e. The van der Waals surface area contributed by atoms with E-state index in [1.807, 2.05) is 19.9 Å². The van der Waals surface area contributed by atoms with Crippen molar-refractivity contribution in [1.29, 1.82) is 0 Å². The van der Waals surface area contributed by atoms with Crippen molar-refractivity contribution in [2.24, 2.45) is 0 Å². The van der Waals surface area contributed by atoms with Gasteiger partial charge in [-0.25, -0.2) is 0 Å². The van der Waals surface area contributed by atoms with Crippen molar-refractivity contribution < 1.29 is 5.11 Å². The van der Waals surface area contributed by atoms with E-state index < -0.39 is 0 Å². The lowest BCUT2D eigenvalue weighted by Crippen LogP contribution is -1.98. The van der Waals surface area contributed by atoms with Crippen LogP contribution in [-0.2, 0) is 0 Å². The Morgan fingerprint density at radius 2 is 2.00 bits per heavy atom. The van der Waals surface area contributed by atoms with Gasteiger partial charge in [0.15, 0.2) is 0 Å². The summed E-state index contributed by atoms with van der Waals surface area (Å²) in [4.78, 5) is 0.940. The van der Waals surface area contributed by atoms with E-state index in [9.17, 15) is 5.11 Å². The number of nitrogen functional groups attached to an aromatic ring is 2. The number of hydrogen-bond donors (Lipinski definition) is 3. The highest BCUT2D eigenvalue weighted by molar-refractivity contribution is 7.99. The molecule has 3 nitrogen and oxygen atoms in total. The largest absolute Gasteiger partial charge is 0.505 e. The van der Waals surface area contributed by atoms with Crippen LogP contribution < -0.4 is 11.5 Å². The second-order valence-electron chi connectivity index (χ2n) is 2.80. The SMILES string of the molecule is CCSc1cc(C)c(O)c(N)c1N. The molecule has 0 bridgehead atoms. The minimum absolute atomic E-state index is 0.0953. The molecule has 0 heterocycles. The van der Waals surface area contributed by atoms with Crippen molar-refractivity contribution in [1.82, 2.24) is 0 Å². The second-order valence-corrected chi connectivity index (χ2v) is 4.11. The van der Waals surface area contributed by atoms with Gasteiger partial charge in [0.25, 0.3) is 0 Å². The molecule has 0 saturated carbocycles. The Labute approximate surface area is 82.1 Å². The van der Waals surface area contributed by atoms with Crippen molar-refractivity contribution in [3.05, 3.63) is 11.6 Å². The van der Waals surface area contributed by atoms with Crippen molar-refractivity contribution in [3.8, 4) is 5.75 Å². The molecule has 0 aliphatic heterocycles. The predicted molar refractivity (Wildman–Crippen MR) is 58.1 cm³/mol. The Morgan fingerprint density at radius 1 is 1.38 bits per heavy atom. The van der Waals surface area contributed by atoms with Crippen LogP contribution in [0, 0.1) is 6.92 Å². The molecule has 0 atom stereocenters. The molecule has 72 valence electrons. The number of anilines is 2. The van der Waals surface area contributed by atoms with Gasteiger partial charge in [-0.15, -0.1) is 11.8 Å². The van der Waals surface area contributed by atoms with E-state index in [-0.39, 0.29) is 11.4 Å². The molecular weight excluding hydrogens is 184 g/mol. The Hall–Kier alpha value is -1.03. The highest BCUT2D eigenvalue weighted by Gasteiger charge is 2.10. The second kappa shape index (κ2) is 3.79. The van der Waals surface area contributed by atoms with E-state index in [1.165, 1.54) is 0 Å². The Balaban J connectivity index is 3.24. The van der Waals surface area contributed by atoms with Crippen LogP contribution in [0.4, 0.5) is 11.4 Å². The van der Waals surface area contributed by atoms with E-state index in [2.05, 4.69) is 0 Å². The number of aryl methyl sites for hydroxylation is 1. The van der Waals surface area contributed by atoms with Crippen LogP contribution in [-0.4, -0.2) is 10.9 Å². The van der Waals surface area contributed by atoms with Crippen molar-refractivity contribution in [2.75, 3.05) is 17.2 Å². The summed E-state index contributed by atoms with van der Waals surface area (Å²) in [5, 5.41) is 9.47. The zero-order valence-corrected chi connectivity index (χ0v) is 8.61. The summed E-state index contributed by atoms with van der Waals surface area (Å²) < 4.78 is 0. The molecule has 0 aliphatic rings. The molecule has 0 aliphatic carbocycles. The molecule has 0 fully saturated rings. The Kier molecular flexibility index (Phi) is 2.93. The number of hydrogen-bond acceptors (Lipinski definition) is 4. The predicted octanol–water partition coefficient (Wildman–Crippen LogP) is 1.98. The highest BCUT2D eigenvalue weighted by Crippen LogP contribution is 2.37. The number of phenols is 1. The minimum atomic E-state index is 0.0953. The Morgan fingerprint density at radius 3 is 2.54 bits per heavy atom. The van der Waals surface area contributed by atoms with Crippen molar-refractivity contribution >= 4 is 23.1 Å². The van der Waals surface area contributed by atoms with Crippen molar-refractivity contribution in [3.63, 3.8) is 0 Å². The van der Waals surface area contributed by atoms with Gasteiger partial charge in [-0.2, -0.15) is 0 Å². The summed E-state index contributed by atoms with van der Waals surface area (Å²) in [5.41, 5.74) is 12.9. The van der Waals surface area contributed by atoms with Gasteiger partial charge in [-0.3, -0.25) is 0 Å². The molecule has 0 saturated heterocycles. The molecule has 0 amide bonds. The average molecular weight is 198 g/mol. The first-order valence-electron chi connectivity index (χ1n) is 4.08. The third kappa shape index (κ3) is 1.83. The van der Waals surface area contributed by atoms with Crippen LogP contribution in [0.2, 0.25) is 0 Å². The number of rotatable bonds is 2. The first-order chi connectivity index (χ1) is 6.07. The summed E-state index contributed by atoms with van der Waals surface area (Å²) in [6.07, 6.45) is 0. The summed E-state index contributed by atoms with van der Waals surface area (Å²) in [6.45, 7) is 3.85. The Bertz CT molecular complexity index is 326. The van der Waals surface area contributed by atoms with Gasteiger partial charge in [0.1, 0.15) is 5.75 Å². The van der Waals surface area contributed by atoms with E-state index in [4.69, 9.17) is 11.5 Å². The molecule has 0 radical (unpaired) electrons. The standard InChI is InChI=1S/C9H14N2OS/c1-3-13-6-4-5(2)9(12)8(11)7(6)10/h4,12H,3,10-11H2,1-2H3. The van der Waals surface area contributed by atoms with Crippen LogP contribution in [0.15, 0.2) is 11.0 Å². The van der Waals surface area contributed by atoms with Gasteiger partial charge in [-0.05, 0) is 24.3 Å². The lowest BCUT2D eigenvalue weighted by atomic mass is 10.1. The molecule has 5 N–H and O–H groups in total. The molecule has 0 spiro atoms. The van der Waals surface area contributed by atoms with Crippen LogP contribution in [0.3, 0.4) is 0 Å². The van der Waals surface area contributed by atoms with Gasteiger partial charge in [0, 0.05) is 4.90 Å². The fraction of sp³-hybridized carbons (Fsp3) is 0.333. The zero-order valence-electron chi connectivity index (χ0n) is 7.79. The molecule has 1 rings (SSSR count). The highest BCUT2D eigenvalue weighted by atomic mass is 32.2. The van der Waals surface area contributed by atoms with Crippen LogP contribution in [0.25, 0.3) is 0 Å². The molecule has 1 aromatic carbocycles. The van der Waals surface area contributed by atoms with E-state index in [0.29, 0.717) is 5.69 Å². The van der Waals surface area contributed by atoms with Crippen LogP contribution >= 0.6 is 11.8 Å². The van der Waals surface area contributed by atoms with Crippen LogP contribution in [0.1, 0.15) is 12.5 Å². The first-order valence-corrected chi connectivity index (χ1v) is 5.06. The quantitative estimate of drug-likeness (QED) is 0.386. The maximum atomic E-state index is 9.47. The topological polar surface area (TPSA) is 72.3 Å². The fourth-order valence-corrected chi connectivity index (χ4v) is 1.93. The minimum Gasteiger partial charge on any atom is -0.505 e. The molecule has 0 aromatic heterocycles. The third-order valence-corrected chi connectivity index (χ3v) is 2.77. The number of aromatic hydroxyl groups is 1.